The van der Waals surface area contributed by atoms with Crippen LogP contribution in [0.3, 0.4) is 0 Å². The molecule has 6 heteroatoms. The molecule has 1 N–H and O–H groups in total. The Morgan fingerprint density at radius 3 is 2.65 bits per heavy atom. The van der Waals surface area contributed by atoms with Crippen LogP contribution in [0.25, 0.3) is 0 Å². The molecule has 2 heterocycles. The first-order valence-corrected chi connectivity index (χ1v) is 8.17. The molecule has 0 amide bonds. The second-order valence-corrected chi connectivity index (χ2v) is 7.92. The SMILES string of the molecule is CC(NCc1cc(Br)c(Cl)s1)c1ccc(Cl)s1. The number of hydrogen-bond donors (Lipinski definition) is 1. The van der Waals surface area contributed by atoms with Crippen LogP contribution in [-0.4, -0.2) is 0 Å². The van der Waals surface area contributed by atoms with Gasteiger partial charge in [-0.1, -0.05) is 23.2 Å². The van der Waals surface area contributed by atoms with Gasteiger partial charge in [-0.05, 0) is 41.1 Å². The van der Waals surface area contributed by atoms with Gasteiger partial charge in [0.05, 0.1) is 4.34 Å². The fourth-order valence-electron chi connectivity index (χ4n) is 1.39. The fraction of sp³-hybridized carbons (Fsp3) is 0.273. The van der Waals surface area contributed by atoms with E-state index in [1.165, 1.54) is 9.75 Å². The van der Waals surface area contributed by atoms with Crippen molar-refractivity contribution in [3.8, 4) is 0 Å². The summed E-state index contributed by atoms with van der Waals surface area (Å²) >= 11 is 18.5. The first-order valence-electron chi connectivity index (χ1n) is 4.98. The third kappa shape index (κ3) is 3.69. The van der Waals surface area contributed by atoms with Crippen molar-refractivity contribution in [3.05, 3.63) is 41.1 Å². The highest BCUT2D eigenvalue weighted by Crippen LogP contribution is 2.32. The highest BCUT2D eigenvalue weighted by atomic mass is 79.9. The number of rotatable bonds is 4. The van der Waals surface area contributed by atoms with Crippen molar-refractivity contribution < 1.29 is 0 Å². The minimum Gasteiger partial charge on any atom is -0.305 e. The minimum absolute atomic E-state index is 0.298. The first-order chi connectivity index (χ1) is 8.06. The smallest absolute Gasteiger partial charge is 0.107 e. The van der Waals surface area contributed by atoms with E-state index in [-0.39, 0.29) is 0 Å². The second kappa shape index (κ2) is 6.04. The third-order valence-electron chi connectivity index (χ3n) is 2.30. The Kier molecular flexibility index (Phi) is 4.92. The van der Waals surface area contributed by atoms with Crippen LogP contribution in [0.2, 0.25) is 8.67 Å². The molecule has 0 saturated heterocycles. The number of thiophene rings is 2. The van der Waals surface area contributed by atoms with Crippen LogP contribution in [0.1, 0.15) is 22.7 Å². The fourth-order valence-corrected chi connectivity index (χ4v) is 4.22. The summed E-state index contributed by atoms with van der Waals surface area (Å²) in [5.74, 6) is 0. The molecule has 0 radical (unpaired) electrons. The molecule has 0 aromatic carbocycles. The molecular formula is C11H10BrCl2NS2. The molecule has 1 atom stereocenters. The molecule has 0 spiro atoms. The average molecular weight is 371 g/mol. The maximum atomic E-state index is 5.99. The minimum atomic E-state index is 0.298. The monoisotopic (exact) mass is 369 g/mol. The van der Waals surface area contributed by atoms with Gasteiger partial charge in [-0.25, -0.2) is 0 Å². The topological polar surface area (TPSA) is 12.0 Å². The Morgan fingerprint density at radius 2 is 2.12 bits per heavy atom. The lowest BCUT2D eigenvalue weighted by atomic mass is 10.3. The molecule has 2 rings (SSSR count). The molecule has 0 fully saturated rings. The van der Waals surface area contributed by atoms with Crippen molar-refractivity contribution in [2.75, 3.05) is 0 Å². The summed E-state index contributed by atoms with van der Waals surface area (Å²) in [5, 5.41) is 3.45. The summed E-state index contributed by atoms with van der Waals surface area (Å²) in [7, 11) is 0. The molecule has 92 valence electrons. The summed E-state index contributed by atoms with van der Waals surface area (Å²) in [6.07, 6.45) is 0. The van der Waals surface area contributed by atoms with Gasteiger partial charge in [0.15, 0.2) is 0 Å². The molecule has 2 aromatic heterocycles. The van der Waals surface area contributed by atoms with Crippen LogP contribution in [0, 0.1) is 0 Å². The van der Waals surface area contributed by atoms with Crippen LogP contribution >= 0.6 is 61.8 Å². The van der Waals surface area contributed by atoms with E-state index >= 15 is 0 Å². The summed E-state index contributed by atoms with van der Waals surface area (Å²) in [6.45, 7) is 2.94. The summed E-state index contributed by atoms with van der Waals surface area (Å²) in [4.78, 5) is 2.47. The van der Waals surface area contributed by atoms with E-state index in [1.807, 2.05) is 12.1 Å². The highest BCUT2D eigenvalue weighted by Gasteiger charge is 2.09. The standard InChI is InChI=1S/C11H10BrCl2NS2/c1-6(9-2-3-10(13)17-9)15-5-7-4-8(12)11(14)16-7/h2-4,6,15H,5H2,1H3. The van der Waals surface area contributed by atoms with Gasteiger partial charge in [-0.3, -0.25) is 0 Å². The molecule has 0 aliphatic carbocycles. The second-order valence-electron chi connectivity index (χ2n) is 3.58. The van der Waals surface area contributed by atoms with E-state index in [0.717, 1.165) is 19.7 Å². The lowest BCUT2D eigenvalue weighted by Gasteiger charge is -2.10. The Balaban J connectivity index is 1.94. The summed E-state index contributed by atoms with van der Waals surface area (Å²) < 4.78 is 2.59. The van der Waals surface area contributed by atoms with Crippen LogP contribution in [0.4, 0.5) is 0 Å². The van der Waals surface area contributed by atoms with Gasteiger partial charge in [0.1, 0.15) is 4.34 Å². The number of hydrogen-bond acceptors (Lipinski definition) is 3. The van der Waals surface area contributed by atoms with E-state index < -0.39 is 0 Å². The maximum Gasteiger partial charge on any atom is 0.107 e. The van der Waals surface area contributed by atoms with Crippen LogP contribution < -0.4 is 5.32 Å². The van der Waals surface area contributed by atoms with Crippen molar-refractivity contribution in [3.63, 3.8) is 0 Å². The van der Waals surface area contributed by atoms with Gasteiger partial charge in [0.2, 0.25) is 0 Å². The van der Waals surface area contributed by atoms with Gasteiger partial charge in [-0.2, -0.15) is 0 Å². The molecule has 0 aliphatic rings. The van der Waals surface area contributed by atoms with E-state index in [0.29, 0.717) is 6.04 Å². The van der Waals surface area contributed by atoms with Gasteiger partial charge < -0.3 is 5.32 Å². The van der Waals surface area contributed by atoms with Gasteiger partial charge in [-0.15, -0.1) is 22.7 Å². The number of halogens is 3. The van der Waals surface area contributed by atoms with Crippen LogP contribution in [-0.2, 0) is 6.54 Å². The zero-order valence-electron chi connectivity index (χ0n) is 8.97. The molecule has 0 aliphatic heterocycles. The quantitative estimate of drug-likeness (QED) is 0.724. The van der Waals surface area contributed by atoms with E-state index in [4.69, 9.17) is 23.2 Å². The molecule has 17 heavy (non-hydrogen) atoms. The van der Waals surface area contributed by atoms with Crippen LogP contribution in [0.15, 0.2) is 22.7 Å². The van der Waals surface area contributed by atoms with Crippen molar-refractivity contribution in [2.24, 2.45) is 0 Å². The molecule has 1 nitrogen and oxygen atoms in total. The lowest BCUT2D eigenvalue weighted by molar-refractivity contribution is 0.587. The molecule has 2 aromatic rings. The Hall–Kier alpha value is 0.420. The van der Waals surface area contributed by atoms with E-state index in [9.17, 15) is 0 Å². The normalized spacial score (nSPS) is 12.9. The predicted molar refractivity (Wildman–Crippen MR) is 81.6 cm³/mol. The lowest BCUT2D eigenvalue weighted by Crippen LogP contribution is -2.16. The number of nitrogens with one attached hydrogen (secondary N) is 1. The van der Waals surface area contributed by atoms with Gasteiger partial charge in [0, 0.05) is 26.8 Å². The third-order valence-corrected chi connectivity index (χ3v) is 6.19. The van der Waals surface area contributed by atoms with Crippen LogP contribution in [0.5, 0.6) is 0 Å². The molecule has 0 saturated carbocycles. The zero-order valence-corrected chi connectivity index (χ0v) is 13.7. The van der Waals surface area contributed by atoms with Crippen molar-refractivity contribution in [2.45, 2.75) is 19.5 Å². The predicted octanol–water partition coefficient (Wildman–Crippen LogP) is 5.73. The van der Waals surface area contributed by atoms with Gasteiger partial charge in [0.25, 0.3) is 0 Å². The largest absolute Gasteiger partial charge is 0.305 e. The van der Waals surface area contributed by atoms with Crippen molar-refractivity contribution in [1.29, 1.82) is 0 Å². The van der Waals surface area contributed by atoms with Crippen molar-refractivity contribution >= 4 is 61.8 Å². The highest BCUT2D eigenvalue weighted by molar-refractivity contribution is 9.10. The summed E-state index contributed by atoms with van der Waals surface area (Å²) in [6, 6.07) is 6.33. The molecule has 1 unspecified atom stereocenters. The van der Waals surface area contributed by atoms with Gasteiger partial charge >= 0.3 is 0 Å². The first kappa shape index (κ1) is 13.8. The zero-order chi connectivity index (χ0) is 12.4. The molecular weight excluding hydrogens is 361 g/mol. The van der Waals surface area contributed by atoms with E-state index in [1.54, 1.807) is 22.7 Å². The Labute approximate surface area is 127 Å². The van der Waals surface area contributed by atoms with E-state index in [2.05, 4.69) is 34.2 Å². The maximum absolute atomic E-state index is 5.99. The summed E-state index contributed by atoms with van der Waals surface area (Å²) in [5.41, 5.74) is 0. The Morgan fingerprint density at radius 1 is 1.35 bits per heavy atom. The Bertz CT molecular complexity index is 490. The van der Waals surface area contributed by atoms with Crippen molar-refractivity contribution in [1.82, 2.24) is 5.32 Å². The average Bonchev–Trinajstić information content (AvgIpc) is 2.83. The molecule has 0 bridgehead atoms.